The monoisotopic (exact) mass is 405 g/mol. The second-order valence-corrected chi connectivity index (χ2v) is 6.31. The molecule has 7 nitrogen and oxygen atoms in total. The molecule has 7 heteroatoms. The summed E-state index contributed by atoms with van der Waals surface area (Å²) in [6, 6.07) is 0. The number of hydrogen-bond donors (Lipinski definition) is 2. The minimum atomic E-state index is -0.0860. The zero-order valence-electron chi connectivity index (χ0n) is 18.0. The molecule has 0 aromatic carbocycles. The molecule has 0 saturated carbocycles. The van der Waals surface area contributed by atoms with Crippen molar-refractivity contribution < 1.29 is 20.9 Å². The summed E-state index contributed by atoms with van der Waals surface area (Å²) in [4.78, 5) is 16.1. The van der Waals surface area contributed by atoms with E-state index in [-0.39, 0.29) is 13.6 Å². The van der Waals surface area contributed by atoms with Gasteiger partial charge in [-0.3, -0.25) is 20.0 Å². The van der Waals surface area contributed by atoms with E-state index in [1.165, 1.54) is 11.5 Å². The maximum Gasteiger partial charge on any atom is 0.229 e. The number of aromatic nitrogens is 2. The lowest BCUT2D eigenvalue weighted by Crippen LogP contribution is -2.08. The topological polar surface area (TPSA) is 85.6 Å². The van der Waals surface area contributed by atoms with Crippen LogP contribution >= 0.6 is 0 Å². The van der Waals surface area contributed by atoms with E-state index in [0.29, 0.717) is 18.3 Å². The number of nitrogens with zero attached hydrogens (tertiary/aromatic N) is 2. The summed E-state index contributed by atoms with van der Waals surface area (Å²) in [6.45, 7) is 13.8. The van der Waals surface area contributed by atoms with E-state index in [0.717, 1.165) is 30.0 Å². The first-order valence-corrected chi connectivity index (χ1v) is 9.91. The Morgan fingerprint density at radius 1 is 1.38 bits per heavy atom. The predicted octanol–water partition coefficient (Wildman–Crippen LogP) is 4.82. The van der Waals surface area contributed by atoms with Gasteiger partial charge in [0.15, 0.2) is 6.29 Å². The van der Waals surface area contributed by atoms with E-state index in [9.17, 15) is 4.79 Å². The third-order valence-electron chi connectivity index (χ3n) is 4.07. The fraction of sp³-hybridized carbons (Fsp3) is 0.455. The minimum Gasteiger partial charge on any atom is -0.350 e. The van der Waals surface area contributed by atoms with E-state index in [1.54, 1.807) is 24.4 Å². The van der Waals surface area contributed by atoms with Crippen LogP contribution in [-0.4, -0.2) is 39.7 Å². The molecule has 3 rings (SSSR count). The summed E-state index contributed by atoms with van der Waals surface area (Å²) in [7, 11) is 0. The Morgan fingerprint density at radius 3 is 2.52 bits per heavy atom. The Labute approximate surface area is 174 Å². The Kier molecular flexibility index (Phi) is 10.9. The average Bonchev–Trinajstić information content (AvgIpc) is 3.34. The molecule has 0 bridgehead atoms. The van der Waals surface area contributed by atoms with Gasteiger partial charge in [-0.2, -0.15) is 0 Å². The van der Waals surface area contributed by atoms with Gasteiger partial charge >= 0.3 is 0 Å². The van der Waals surface area contributed by atoms with Crippen molar-refractivity contribution in [3.05, 3.63) is 54.3 Å². The van der Waals surface area contributed by atoms with E-state index < -0.39 is 0 Å². The highest BCUT2D eigenvalue weighted by molar-refractivity contribution is 5.80. The third kappa shape index (κ3) is 7.81. The molecule has 2 heterocycles. The number of hydroxylamine groups is 1. The van der Waals surface area contributed by atoms with Gasteiger partial charge < -0.3 is 9.47 Å². The van der Waals surface area contributed by atoms with Crippen molar-refractivity contribution in [2.75, 3.05) is 6.61 Å². The summed E-state index contributed by atoms with van der Waals surface area (Å²) in [5, 5.41) is 8.84. The highest BCUT2D eigenvalue weighted by Crippen LogP contribution is 2.25. The summed E-state index contributed by atoms with van der Waals surface area (Å²) in [5.74, 6) is 0.500. The molecule has 0 amide bonds. The van der Waals surface area contributed by atoms with Gasteiger partial charge in [0.25, 0.3) is 0 Å². The molecule has 2 atom stereocenters. The van der Waals surface area contributed by atoms with Crippen molar-refractivity contribution >= 4 is 17.6 Å². The summed E-state index contributed by atoms with van der Waals surface area (Å²) in [5.41, 5.74) is 4.74. The first-order valence-electron chi connectivity index (χ1n) is 9.91. The number of imidazole rings is 1. The van der Waals surface area contributed by atoms with Crippen LogP contribution in [0.3, 0.4) is 0 Å². The van der Waals surface area contributed by atoms with Crippen LogP contribution < -0.4 is 5.48 Å². The van der Waals surface area contributed by atoms with Crippen LogP contribution in [0.1, 0.15) is 65.2 Å². The molecule has 0 spiro atoms. The molecule has 1 aromatic heterocycles. The second-order valence-electron chi connectivity index (χ2n) is 6.31. The first kappa shape index (κ1) is 24.6. The molecule has 1 aliphatic carbocycles. The van der Waals surface area contributed by atoms with Crippen LogP contribution in [0.4, 0.5) is 0 Å². The Hall–Kier alpha value is -2.48. The number of allylic oxidation sites excluding steroid dienone is 6. The number of rotatable bonds is 4. The maximum absolute atomic E-state index is 11.6. The number of carbonyl (C=O) groups excluding carboxylic acids is 1. The molecular weight excluding hydrogens is 370 g/mol. The van der Waals surface area contributed by atoms with E-state index >= 15 is 0 Å². The molecular formula is C22H35N3O4. The van der Waals surface area contributed by atoms with Crippen LogP contribution in [0.2, 0.25) is 0 Å². The van der Waals surface area contributed by atoms with Crippen LogP contribution in [0, 0.1) is 0 Å². The average molecular weight is 406 g/mol. The Bertz CT molecular complexity index is 760. The van der Waals surface area contributed by atoms with Crippen molar-refractivity contribution in [3.63, 3.8) is 0 Å². The lowest BCUT2D eigenvalue weighted by atomic mass is 10.0. The largest absolute Gasteiger partial charge is 0.350 e. The number of nitrogens with one attached hydrogen (secondary N) is 1. The van der Waals surface area contributed by atoms with Gasteiger partial charge in [-0.25, -0.2) is 4.98 Å². The lowest BCUT2D eigenvalue weighted by Gasteiger charge is -2.11. The quantitative estimate of drug-likeness (QED) is 0.552. The van der Waals surface area contributed by atoms with Gasteiger partial charge in [0.2, 0.25) is 5.91 Å². The van der Waals surface area contributed by atoms with Crippen molar-refractivity contribution in [2.24, 2.45) is 0 Å². The molecule has 162 valence electrons. The van der Waals surface area contributed by atoms with Crippen molar-refractivity contribution in [3.8, 4) is 0 Å². The Morgan fingerprint density at radius 2 is 2.10 bits per heavy atom. The number of ether oxygens (including phenoxy) is 2. The molecule has 1 fully saturated rings. The smallest absolute Gasteiger partial charge is 0.229 e. The zero-order valence-corrected chi connectivity index (χ0v) is 18.0. The summed E-state index contributed by atoms with van der Waals surface area (Å²) in [6.07, 6.45) is 12.4. The van der Waals surface area contributed by atoms with Gasteiger partial charge in [0, 0.05) is 20.2 Å². The van der Waals surface area contributed by atoms with Crippen molar-refractivity contribution in [1.82, 2.24) is 15.0 Å². The SMILES string of the molecule is C=C/C=C\c1nc(C2=CC=C(NO)CC2)cn1C(C)=O.CC.CC1CO[C@H](C)O1.[HH]. The standard InChI is InChI=1S/C15H17N3O2.C5H10O2.C2H6.H2/c1-3-4-5-15-16-14(10-18(15)11(2)19)12-6-8-13(17-20)9-7-12;1-4-3-6-5(2)7-4;1-2;/h3-6,8,10,17,20H,1,7,9H2,2H3;4-5H,3H2,1-2H3;1-2H3;1H/b5-4-;;;/t;4?,5-;;/m.0../s1. The highest BCUT2D eigenvalue weighted by atomic mass is 16.7. The van der Waals surface area contributed by atoms with E-state index in [4.69, 9.17) is 14.7 Å². The van der Waals surface area contributed by atoms with Gasteiger partial charge in [-0.1, -0.05) is 38.7 Å². The second kappa shape index (κ2) is 12.9. The van der Waals surface area contributed by atoms with Crippen molar-refractivity contribution in [2.45, 2.75) is 59.9 Å². The van der Waals surface area contributed by atoms with Gasteiger partial charge in [-0.05, 0) is 44.4 Å². The molecule has 2 N–H and O–H groups in total. The number of hydrogen-bond acceptors (Lipinski definition) is 6. The van der Waals surface area contributed by atoms with Gasteiger partial charge in [0.1, 0.15) is 5.82 Å². The van der Waals surface area contributed by atoms with Gasteiger partial charge in [-0.15, -0.1) is 0 Å². The first-order chi connectivity index (χ1) is 13.9. The molecule has 0 radical (unpaired) electrons. The molecule has 2 aliphatic rings. The molecule has 29 heavy (non-hydrogen) atoms. The summed E-state index contributed by atoms with van der Waals surface area (Å²) < 4.78 is 11.7. The maximum atomic E-state index is 11.6. The predicted molar refractivity (Wildman–Crippen MR) is 117 cm³/mol. The fourth-order valence-electron chi connectivity index (χ4n) is 2.69. The highest BCUT2D eigenvalue weighted by Gasteiger charge is 2.16. The molecule has 1 saturated heterocycles. The van der Waals surface area contributed by atoms with Crippen LogP contribution in [0.5, 0.6) is 0 Å². The molecule has 1 aliphatic heterocycles. The zero-order chi connectivity index (χ0) is 21.8. The van der Waals surface area contributed by atoms with Gasteiger partial charge in [0.05, 0.1) is 18.4 Å². The lowest BCUT2D eigenvalue weighted by molar-refractivity contribution is -0.0389. The van der Waals surface area contributed by atoms with Crippen molar-refractivity contribution in [1.29, 1.82) is 0 Å². The van der Waals surface area contributed by atoms with E-state index in [1.807, 2.05) is 39.8 Å². The van der Waals surface area contributed by atoms with Crippen LogP contribution in [0.15, 0.2) is 42.8 Å². The van der Waals surface area contributed by atoms with E-state index in [2.05, 4.69) is 17.0 Å². The fourth-order valence-corrected chi connectivity index (χ4v) is 2.69. The summed E-state index contributed by atoms with van der Waals surface area (Å²) >= 11 is 0. The normalized spacial score (nSPS) is 20.6. The number of carbonyl (C=O) groups is 1. The van der Waals surface area contributed by atoms with Crippen LogP contribution in [-0.2, 0) is 9.47 Å². The third-order valence-corrected chi connectivity index (χ3v) is 4.07. The molecule has 1 unspecified atom stereocenters. The minimum absolute atomic E-state index is 0. The Balaban J connectivity index is 0.000000708. The molecule has 1 aromatic rings. The van der Waals surface area contributed by atoms with Crippen LogP contribution in [0.25, 0.3) is 11.6 Å².